The van der Waals surface area contributed by atoms with Gasteiger partial charge in [0.25, 0.3) is 5.91 Å². The lowest BCUT2D eigenvalue weighted by atomic mass is 9.96. The summed E-state index contributed by atoms with van der Waals surface area (Å²) in [4.78, 5) is 26.3. The van der Waals surface area contributed by atoms with E-state index in [1.807, 2.05) is 6.92 Å². The molecule has 1 heterocycles. The van der Waals surface area contributed by atoms with Crippen LogP contribution in [0.25, 0.3) is 0 Å². The van der Waals surface area contributed by atoms with Crippen LogP contribution >= 0.6 is 0 Å². The van der Waals surface area contributed by atoms with Gasteiger partial charge in [-0.25, -0.2) is 0 Å². The second-order valence-electron chi connectivity index (χ2n) is 5.76. The smallest absolute Gasteiger partial charge is 0.257 e. The number of carbonyl (C=O) groups is 2. The number of phenolic OH excluding ortho intramolecular Hbond substituents is 1. The number of amides is 2. The predicted molar refractivity (Wildman–Crippen MR) is 86.6 cm³/mol. The highest BCUT2D eigenvalue weighted by Crippen LogP contribution is 2.26. The van der Waals surface area contributed by atoms with Crippen molar-refractivity contribution in [3.63, 3.8) is 0 Å². The van der Waals surface area contributed by atoms with Crippen molar-refractivity contribution in [2.75, 3.05) is 26.7 Å². The minimum Gasteiger partial charge on any atom is -0.507 e. The molecule has 0 radical (unpaired) electrons. The van der Waals surface area contributed by atoms with Crippen LogP contribution in [0.2, 0.25) is 0 Å². The number of hydrogen-bond acceptors (Lipinski definition) is 4. The molecule has 6 heteroatoms. The van der Waals surface area contributed by atoms with Gasteiger partial charge in [0.2, 0.25) is 5.91 Å². The number of carbonyl (C=O) groups excluding carboxylic acids is 2. The molecule has 1 saturated heterocycles. The normalized spacial score (nSPS) is 17.7. The number of benzene rings is 1. The van der Waals surface area contributed by atoms with E-state index in [9.17, 15) is 14.7 Å². The molecule has 23 heavy (non-hydrogen) atoms. The number of aromatic hydroxyl groups is 1. The molecule has 2 amide bonds. The lowest BCUT2D eigenvalue weighted by Crippen LogP contribution is -2.45. The summed E-state index contributed by atoms with van der Waals surface area (Å²) in [5.41, 5.74) is 0.236. The van der Waals surface area contributed by atoms with Gasteiger partial charge in [-0.15, -0.1) is 0 Å². The van der Waals surface area contributed by atoms with Gasteiger partial charge in [-0.05, 0) is 31.4 Å². The van der Waals surface area contributed by atoms with Crippen LogP contribution in [0, 0.1) is 5.92 Å². The van der Waals surface area contributed by atoms with Gasteiger partial charge in [0.15, 0.2) is 0 Å². The summed E-state index contributed by atoms with van der Waals surface area (Å²) < 4.78 is 5.02. The number of nitrogens with zero attached hydrogens (tertiary/aromatic N) is 1. The Morgan fingerprint density at radius 2 is 2.22 bits per heavy atom. The highest BCUT2D eigenvalue weighted by molar-refractivity contribution is 5.97. The fourth-order valence-electron chi connectivity index (χ4n) is 2.76. The molecule has 0 saturated carbocycles. The first-order chi connectivity index (χ1) is 11.1. The van der Waals surface area contributed by atoms with Gasteiger partial charge in [0, 0.05) is 25.7 Å². The van der Waals surface area contributed by atoms with Crippen LogP contribution in [-0.2, 0) is 4.79 Å². The minimum atomic E-state index is -0.252. The molecule has 0 spiro atoms. The number of piperidine rings is 1. The summed E-state index contributed by atoms with van der Waals surface area (Å²) in [6.07, 6.45) is 2.46. The molecule has 1 atom stereocenters. The van der Waals surface area contributed by atoms with E-state index in [0.29, 0.717) is 25.4 Å². The molecule has 1 aromatic carbocycles. The molecule has 1 aliphatic heterocycles. The van der Waals surface area contributed by atoms with Gasteiger partial charge in [-0.1, -0.05) is 6.92 Å². The molecule has 0 aromatic heterocycles. The average molecular weight is 320 g/mol. The highest BCUT2D eigenvalue weighted by atomic mass is 16.5. The van der Waals surface area contributed by atoms with Gasteiger partial charge in [-0.3, -0.25) is 9.59 Å². The van der Waals surface area contributed by atoms with Gasteiger partial charge in [0.1, 0.15) is 11.5 Å². The number of phenols is 1. The SMILES string of the molecule is CCCNC(=O)[C@@H]1CCCN(C(=O)c2ccc(OC)cc2O)C1. The van der Waals surface area contributed by atoms with Crippen molar-refractivity contribution in [1.82, 2.24) is 10.2 Å². The van der Waals surface area contributed by atoms with Crippen molar-refractivity contribution in [3.8, 4) is 11.5 Å². The molecule has 6 nitrogen and oxygen atoms in total. The Hall–Kier alpha value is -2.24. The first-order valence-electron chi connectivity index (χ1n) is 8.00. The van der Waals surface area contributed by atoms with Gasteiger partial charge < -0.3 is 20.1 Å². The van der Waals surface area contributed by atoms with Crippen LogP contribution in [0.1, 0.15) is 36.5 Å². The van der Waals surface area contributed by atoms with Crippen molar-refractivity contribution in [1.29, 1.82) is 0 Å². The maximum atomic E-state index is 12.6. The maximum Gasteiger partial charge on any atom is 0.257 e. The number of ether oxygens (including phenoxy) is 1. The van der Waals surface area contributed by atoms with Gasteiger partial charge in [-0.2, -0.15) is 0 Å². The Kier molecular flexibility index (Phi) is 5.84. The Balaban J connectivity index is 2.06. The Labute approximate surface area is 136 Å². The zero-order valence-electron chi connectivity index (χ0n) is 13.7. The van der Waals surface area contributed by atoms with Crippen LogP contribution in [0.5, 0.6) is 11.5 Å². The van der Waals surface area contributed by atoms with Crippen molar-refractivity contribution < 1.29 is 19.4 Å². The molecule has 2 N–H and O–H groups in total. The largest absolute Gasteiger partial charge is 0.507 e. The number of hydrogen-bond donors (Lipinski definition) is 2. The molecular formula is C17H24N2O4. The fourth-order valence-corrected chi connectivity index (χ4v) is 2.76. The standard InChI is InChI=1S/C17H24N2O4/c1-3-8-18-16(21)12-5-4-9-19(11-12)17(22)14-7-6-13(23-2)10-15(14)20/h6-7,10,12,20H,3-5,8-9,11H2,1-2H3,(H,18,21)/t12-/m1/s1. The Bertz CT molecular complexity index is 574. The molecule has 1 aromatic rings. The second-order valence-corrected chi connectivity index (χ2v) is 5.76. The molecule has 0 aliphatic carbocycles. The third kappa shape index (κ3) is 4.15. The van der Waals surface area contributed by atoms with E-state index in [2.05, 4.69) is 5.32 Å². The fraction of sp³-hybridized carbons (Fsp3) is 0.529. The lowest BCUT2D eigenvalue weighted by Gasteiger charge is -2.32. The zero-order chi connectivity index (χ0) is 16.8. The molecule has 0 bridgehead atoms. The topological polar surface area (TPSA) is 78.9 Å². The highest BCUT2D eigenvalue weighted by Gasteiger charge is 2.29. The monoisotopic (exact) mass is 320 g/mol. The Morgan fingerprint density at radius 1 is 1.43 bits per heavy atom. The zero-order valence-corrected chi connectivity index (χ0v) is 13.7. The summed E-state index contributed by atoms with van der Waals surface area (Å²) in [6, 6.07) is 4.61. The summed E-state index contributed by atoms with van der Waals surface area (Å²) in [5.74, 6) is -0.0393. The summed E-state index contributed by atoms with van der Waals surface area (Å²) in [5, 5.41) is 12.9. The van der Waals surface area contributed by atoms with Crippen LogP contribution in [0.3, 0.4) is 0 Å². The number of methoxy groups -OCH3 is 1. The molecule has 1 aliphatic rings. The van der Waals surface area contributed by atoms with Crippen LogP contribution in [0.15, 0.2) is 18.2 Å². The van der Waals surface area contributed by atoms with Crippen LogP contribution in [0.4, 0.5) is 0 Å². The van der Waals surface area contributed by atoms with Gasteiger partial charge >= 0.3 is 0 Å². The molecule has 2 rings (SSSR count). The van der Waals surface area contributed by atoms with Crippen LogP contribution < -0.4 is 10.1 Å². The van der Waals surface area contributed by atoms with Crippen molar-refractivity contribution in [2.45, 2.75) is 26.2 Å². The van der Waals surface area contributed by atoms with E-state index in [1.165, 1.54) is 13.2 Å². The third-order valence-corrected chi connectivity index (χ3v) is 4.06. The van der Waals surface area contributed by atoms with Gasteiger partial charge in [0.05, 0.1) is 18.6 Å². The average Bonchev–Trinajstić information content (AvgIpc) is 2.59. The molecule has 0 unspecified atom stereocenters. The third-order valence-electron chi connectivity index (χ3n) is 4.06. The number of rotatable bonds is 5. The maximum absolute atomic E-state index is 12.6. The molecule has 126 valence electrons. The Morgan fingerprint density at radius 3 is 2.87 bits per heavy atom. The van der Waals surface area contributed by atoms with Crippen LogP contribution in [-0.4, -0.2) is 48.6 Å². The van der Waals surface area contributed by atoms with Crippen molar-refractivity contribution >= 4 is 11.8 Å². The summed E-state index contributed by atoms with van der Waals surface area (Å²) in [6.45, 7) is 3.65. The van der Waals surface area contributed by atoms with E-state index < -0.39 is 0 Å². The number of likely N-dealkylation sites (tertiary alicyclic amines) is 1. The number of nitrogens with one attached hydrogen (secondary N) is 1. The first kappa shape index (κ1) is 17.1. The van der Waals surface area contributed by atoms with Crippen molar-refractivity contribution in [2.24, 2.45) is 5.92 Å². The van der Waals surface area contributed by atoms with E-state index in [-0.39, 0.29) is 29.0 Å². The molecular weight excluding hydrogens is 296 g/mol. The molecule has 1 fully saturated rings. The van der Waals surface area contributed by atoms with Crippen molar-refractivity contribution in [3.05, 3.63) is 23.8 Å². The van der Waals surface area contributed by atoms with E-state index in [4.69, 9.17) is 4.74 Å². The van der Waals surface area contributed by atoms with E-state index in [0.717, 1.165) is 19.3 Å². The van der Waals surface area contributed by atoms with E-state index >= 15 is 0 Å². The van der Waals surface area contributed by atoms with E-state index in [1.54, 1.807) is 17.0 Å². The predicted octanol–water partition coefficient (Wildman–Crippen LogP) is 1.78. The summed E-state index contributed by atoms with van der Waals surface area (Å²) in [7, 11) is 1.50. The first-order valence-corrected chi connectivity index (χ1v) is 8.00. The summed E-state index contributed by atoms with van der Waals surface area (Å²) >= 11 is 0. The lowest BCUT2D eigenvalue weighted by molar-refractivity contribution is -0.126. The minimum absolute atomic E-state index is 0.00306. The quantitative estimate of drug-likeness (QED) is 0.867. The second kappa shape index (κ2) is 7.85.